The molecule has 26 heavy (non-hydrogen) atoms. The lowest BCUT2D eigenvalue weighted by atomic mass is 10.1. The standard InChI is InChI=1S/C20H19NO5/c1-4-24-19(22)13(3)25-20(23)15-8-6-5-7-14(15)18-21-16-11-12(2)9-10-17(16)26-18/h5-11,13H,4H2,1-3H3/t13-/m1/s1. The largest absolute Gasteiger partial charge is 0.463 e. The molecule has 0 bridgehead atoms. The van der Waals surface area contributed by atoms with Gasteiger partial charge in [-0.3, -0.25) is 0 Å². The molecule has 0 aliphatic heterocycles. The van der Waals surface area contributed by atoms with Crippen molar-refractivity contribution in [2.75, 3.05) is 6.61 Å². The van der Waals surface area contributed by atoms with Crippen LogP contribution < -0.4 is 0 Å². The molecule has 1 atom stereocenters. The van der Waals surface area contributed by atoms with Gasteiger partial charge >= 0.3 is 11.9 Å². The number of hydrogen-bond acceptors (Lipinski definition) is 6. The summed E-state index contributed by atoms with van der Waals surface area (Å²) in [6, 6.07) is 12.5. The van der Waals surface area contributed by atoms with Gasteiger partial charge in [0.05, 0.1) is 17.7 Å². The highest BCUT2D eigenvalue weighted by Gasteiger charge is 2.23. The van der Waals surface area contributed by atoms with Crippen LogP contribution in [0.3, 0.4) is 0 Å². The predicted molar refractivity (Wildman–Crippen MR) is 95.7 cm³/mol. The van der Waals surface area contributed by atoms with E-state index in [1.807, 2.05) is 25.1 Å². The van der Waals surface area contributed by atoms with Crippen LogP contribution in [0, 0.1) is 6.92 Å². The number of carbonyl (C=O) groups excluding carboxylic acids is 2. The maximum absolute atomic E-state index is 12.5. The van der Waals surface area contributed by atoms with E-state index >= 15 is 0 Å². The minimum Gasteiger partial charge on any atom is -0.463 e. The van der Waals surface area contributed by atoms with E-state index in [0.717, 1.165) is 5.56 Å². The molecule has 0 aliphatic rings. The molecular formula is C20H19NO5. The first-order valence-electron chi connectivity index (χ1n) is 8.33. The zero-order valence-corrected chi connectivity index (χ0v) is 14.8. The summed E-state index contributed by atoms with van der Waals surface area (Å²) in [5, 5.41) is 0. The number of hydrogen-bond donors (Lipinski definition) is 0. The van der Waals surface area contributed by atoms with Crippen molar-refractivity contribution in [3.63, 3.8) is 0 Å². The van der Waals surface area contributed by atoms with Crippen molar-refractivity contribution in [2.45, 2.75) is 26.9 Å². The Hall–Kier alpha value is -3.15. The number of ether oxygens (including phenoxy) is 2. The average molecular weight is 353 g/mol. The molecule has 0 radical (unpaired) electrons. The molecule has 1 aromatic heterocycles. The molecule has 6 heteroatoms. The summed E-state index contributed by atoms with van der Waals surface area (Å²) in [4.78, 5) is 28.7. The van der Waals surface area contributed by atoms with E-state index in [1.165, 1.54) is 6.92 Å². The van der Waals surface area contributed by atoms with E-state index < -0.39 is 18.0 Å². The highest BCUT2D eigenvalue weighted by Crippen LogP contribution is 2.28. The summed E-state index contributed by atoms with van der Waals surface area (Å²) in [5.74, 6) is -0.905. The van der Waals surface area contributed by atoms with Gasteiger partial charge in [-0.25, -0.2) is 14.6 Å². The summed E-state index contributed by atoms with van der Waals surface area (Å²) in [7, 11) is 0. The fourth-order valence-electron chi connectivity index (χ4n) is 2.53. The Morgan fingerprint density at radius 1 is 1.19 bits per heavy atom. The molecule has 0 saturated carbocycles. The van der Waals surface area contributed by atoms with Gasteiger partial charge in [-0.15, -0.1) is 0 Å². The molecule has 134 valence electrons. The smallest absolute Gasteiger partial charge is 0.347 e. The Kier molecular flexibility index (Phi) is 5.02. The molecule has 0 aliphatic carbocycles. The van der Waals surface area contributed by atoms with Gasteiger partial charge in [0, 0.05) is 0 Å². The molecular weight excluding hydrogens is 334 g/mol. The molecule has 6 nitrogen and oxygen atoms in total. The van der Waals surface area contributed by atoms with Crippen LogP contribution in [0.4, 0.5) is 0 Å². The maximum Gasteiger partial charge on any atom is 0.347 e. The second-order valence-electron chi connectivity index (χ2n) is 5.84. The first kappa shape index (κ1) is 17.7. The van der Waals surface area contributed by atoms with Gasteiger partial charge < -0.3 is 13.9 Å². The van der Waals surface area contributed by atoms with Crippen molar-refractivity contribution in [1.29, 1.82) is 0 Å². The fourth-order valence-corrected chi connectivity index (χ4v) is 2.53. The van der Waals surface area contributed by atoms with E-state index in [0.29, 0.717) is 22.6 Å². The third kappa shape index (κ3) is 3.59. The maximum atomic E-state index is 12.5. The van der Waals surface area contributed by atoms with Crippen LogP contribution in [-0.4, -0.2) is 29.6 Å². The van der Waals surface area contributed by atoms with Gasteiger partial charge in [-0.05, 0) is 50.6 Å². The molecule has 2 aromatic carbocycles. The lowest BCUT2D eigenvalue weighted by Gasteiger charge is -2.13. The van der Waals surface area contributed by atoms with E-state index in [2.05, 4.69) is 4.98 Å². The van der Waals surface area contributed by atoms with Gasteiger partial charge in [-0.2, -0.15) is 0 Å². The van der Waals surface area contributed by atoms with Gasteiger partial charge in [0.1, 0.15) is 5.52 Å². The number of benzene rings is 2. The predicted octanol–water partition coefficient (Wildman–Crippen LogP) is 3.91. The van der Waals surface area contributed by atoms with Crippen LogP contribution >= 0.6 is 0 Å². The molecule has 0 amide bonds. The number of aryl methyl sites for hydroxylation is 1. The minimum absolute atomic E-state index is 0.222. The monoisotopic (exact) mass is 353 g/mol. The lowest BCUT2D eigenvalue weighted by Crippen LogP contribution is -2.26. The molecule has 0 unspecified atom stereocenters. The molecule has 0 fully saturated rings. The number of nitrogens with zero attached hydrogens (tertiary/aromatic N) is 1. The van der Waals surface area contributed by atoms with Crippen molar-refractivity contribution in [3.8, 4) is 11.5 Å². The Bertz CT molecular complexity index is 960. The van der Waals surface area contributed by atoms with Crippen molar-refractivity contribution < 1.29 is 23.5 Å². The summed E-state index contributed by atoms with van der Waals surface area (Å²) < 4.78 is 15.9. The van der Waals surface area contributed by atoms with E-state index in [-0.39, 0.29) is 12.2 Å². The topological polar surface area (TPSA) is 78.6 Å². The fraction of sp³-hybridized carbons (Fsp3) is 0.250. The van der Waals surface area contributed by atoms with Crippen LogP contribution in [-0.2, 0) is 14.3 Å². The molecule has 1 heterocycles. The molecule has 3 aromatic rings. The summed E-state index contributed by atoms with van der Waals surface area (Å²) in [6.45, 7) is 5.35. The number of fused-ring (bicyclic) bond motifs is 1. The number of oxazole rings is 1. The molecule has 0 N–H and O–H groups in total. The number of esters is 2. The Balaban J connectivity index is 1.92. The third-order valence-electron chi connectivity index (χ3n) is 3.82. The van der Waals surface area contributed by atoms with Gasteiger partial charge in [0.15, 0.2) is 11.7 Å². The van der Waals surface area contributed by atoms with Crippen LogP contribution in [0.1, 0.15) is 29.8 Å². The average Bonchev–Trinajstić information content (AvgIpc) is 3.04. The normalized spacial score (nSPS) is 12.0. The summed E-state index contributed by atoms with van der Waals surface area (Å²) >= 11 is 0. The quantitative estimate of drug-likeness (QED) is 0.647. The highest BCUT2D eigenvalue weighted by atomic mass is 16.6. The first-order chi connectivity index (χ1) is 12.5. The second kappa shape index (κ2) is 7.39. The molecule has 3 rings (SSSR count). The van der Waals surface area contributed by atoms with Crippen LogP contribution in [0.5, 0.6) is 0 Å². The summed E-state index contributed by atoms with van der Waals surface area (Å²) in [6.07, 6.45) is -0.998. The highest BCUT2D eigenvalue weighted by molar-refractivity contribution is 5.97. The van der Waals surface area contributed by atoms with Crippen molar-refractivity contribution in [2.24, 2.45) is 0 Å². The SMILES string of the molecule is CCOC(=O)[C@@H](C)OC(=O)c1ccccc1-c1nc2cc(C)ccc2o1. The van der Waals surface area contributed by atoms with Crippen LogP contribution in [0.2, 0.25) is 0 Å². The van der Waals surface area contributed by atoms with E-state index in [4.69, 9.17) is 13.9 Å². The van der Waals surface area contributed by atoms with Gasteiger partial charge in [-0.1, -0.05) is 18.2 Å². The lowest BCUT2D eigenvalue weighted by molar-refractivity contribution is -0.152. The second-order valence-corrected chi connectivity index (χ2v) is 5.84. The molecule has 0 spiro atoms. The first-order valence-corrected chi connectivity index (χ1v) is 8.33. The zero-order chi connectivity index (χ0) is 18.7. The van der Waals surface area contributed by atoms with Gasteiger partial charge in [0.25, 0.3) is 0 Å². The van der Waals surface area contributed by atoms with E-state index in [9.17, 15) is 9.59 Å². The minimum atomic E-state index is -0.998. The van der Waals surface area contributed by atoms with Gasteiger partial charge in [0.2, 0.25) is 5.89 Å². The Morgan fingerprint density at radius 2 is 1.96 bits per heavy atom. The number of rotatable bonds is 5. The Labute approximate surface area is 150 Å². The van der Waals surface area contributed by atoms with Crippen LogP contribution in [0.25, 0.3) is 22.6 Å². The van der Waals surface area contributed by atoms with Crippen molar-refractivity contribution in [3.05, 3.63) is 53.6 Å². The zero-order valence-electron chi connectivity index (χ0n) is 14.8. The molecule has 0 saturated heterocycles. The summed E-state index contributed by atoms with van der Waals surface area (Å²) in [5.41, 5.74) is 3.18. The van der Waals surface area contributed by atoms with Crippen molar-refractivity contribution in [1.82, 2.24) is 4.98 Å². The van der Waals surface area contributed by atoms with Crippen LogP contribution in [0.15, 0.2) is 46.9 Å². The third-order valence-corrected chi connectivity index (χ3v) is 3.82. The number of carbonyl (C=O) groups is 2. The van der Waals surface area contributed by atoms with Crippen molar-refractivity contribution >= 4 is 23.0 Å². The number of aromatic nitrogens is 1. The van der Waals surface area contributed by atoms with E-state index in [1.54, 1.807) is 31.2 Å². The Morgan fingerprint density at radius 3 is 2.73 bits per heavy atom.